The van der Waals surface area contributed by atoms with Crippen LogP contribution in [0.5, 0.6) is 0 Å². The summed E-state index contributed by atoms with van der Waals surface area (Å²) in [7, 11) is 0. The van der Waals surface area contributed by atoms with Crippen molar-refractivity contribution in [2.75, 3.05) is 44.2 Å². The van der Waals surface area contributed by atoms with E-state index in [-0.39, 0.29) is 5.91 Å². The molecule has 0 radical (unpaired) electrons. The molecular formula is C20H26N4O. The highest BCUT2D eigenvalue weighted by Crippen LogP contribution is 2.17. The number of benzene rings is 1. The molecule has 5 nitrogen and oxygen atoms in total. The third-order valence-corrected chi connectivity index (χ3v) is 4.63. The molecule has 3 rings (SSSR count). The van der Waals surface area contributed by atoms with E-state index in [9.17, 15) is 4.79 Å². The summed E-state index contributed by atoms with van der Waals surface area (Å²) in [5, 5.41) is 2.98. The van der Waals surface area contributed by atoms with E-state index in [4.69, 9.17) is 0 Å². The molecule has 1 saturated heterocycles. The number of nitrogens with zero attached hydrogens (tertiary/aromatic N) is 3. The molecule has 0 atom stereocenters. The van der Waals surface area contributed by atoms with Crippen molar-refractivity contribution in [2.24, 2.45) is 0 Å². The van der Waals surface area contributed by atoms with Crippen molar-refractivity contribution >= 4 is 11.6 Å². The maximum atomic E-state index is 12.1. The third-order valence-electron chi connectivity index (χ3n) is 4.63. The summed E-state index contributed by atoms with van der Waals surface area (Å²) < 4.78 is 0. The van der Waals surface area contributed by atoms with Crippen LogP contribution in [-0.4, -0.2) is 55.1 Å². The summed E-state index contributed by atoms with van der Waals surface area (Å²) in [6, 6.07) is 12.3. The van der Waals surface area contributed by atoms with Gasteiger partial charge in [-0.2, -0.15) is 0 Å². The van der Waals surface area contributed by atoms with Gasteiger partial charge in [-0.25, -0.2) is 0 Å². The molecule has 1 amide bonds. The lowest BCUT2D eigenvalue weighted by Crippen LogP contribution is -2.48. The zero-order chi connectivity index (χ0) is 17.6. The van der Waals surface area contributed by atoms with Crippen LogP contribution in [0.2, 0.25) is 0 Å². The summed E-state index contributed by atoms with van der Waals surface area (Å²) in [5.41, 5.74) is 4.14. The van der Waals surface area contributed by atoms with Crippen molar-refractivity contribution in [3.8, 4) is 0 Å². The number of piperazine rings is 1. The van der Waals surface area contributed by atoms with E-state index in [2.05, 4.69) is 51.3 Å². The Labute approximate surface area is 149 Å². The van der Waals surface area contributed by atoms with Gasteiger partial charge in [0, 0.05) is 56.8 Å². The fraction of sp³-hybridized carbons (Fsp3) is 0.400. The van der Waals surface area contributed by atoms with Crippen molar-refractivity contribution in [1.29, 1.82) is 0 Å². The molecule has 0 aliphatic carbocycles. The number of anilines is 1. The molecule has 1 aromatic carbocycles. The topological polar surface area (TPSA) is 48.5 Å². The summed E-state index contributed by atoms with van der Waals surface area (Å²) in [6.45, 7) is 9.69. The number of aromatic nitrogens is 1. The Kier molecular flexibility index (Phi) is 5.66. The van der Waals surface area contributed by atoms with E-state index < -0.39 is 0 Å². The van der Waals surface area contributed by atoms with Gasteiger partial charge < -0.3 is 10.2 Å². The van der Waals surface area contributed by atoms with E-state index in [0.717, 1.165) is 38.4 Å². The molecule has 0 spiro atoms. The SMILES string of the molecule is Cc1cccc(N2CCN(CCNC(=O)c3ccc(C)nc3)CC2)c1. The van der Waals surface area contributed by atoms with Gasteiger partial charge in [0.2, 0.25) is 0 Å². The summed E-state index contributed by atoms with van der Waals surface area (Å²) in [6.07, 6.45) is 1.63. The number of rotatable bonds is 5. The highest BCUT2D eigenvalue weighted by Gasteiger charge is 2.17. The molecule has 1 aromatic heterocycles. The molecule has 2 heterocycles. The summed E-state index contributed by atoms with van der Waals surface area (Å²) in [5.74, 6) is -0.0501. The molecule has 25 heavy (non-hydrogen) atoms. The molecule has 1 aliphatic rings. The molecule has 1 N–H and O–H groups in total. The number of pyridine rings is 1. The maximum absolute atomic E-state index is 12.1. The van der Waals surface area contributed by atoms with E-state index in [0.29, 0.717) is 12.1 Å². The van der Waals surface area contributed by atoms with Gasteiger partial charge in [0.25, 0.3) is 5.91 Å². The second kappa shape index (κ2) is 8.12. The summed E-state index contributed by atoms with van der Waals surface area (Å²) >= 11 is 0. The first-order valence-corrected chi connectivity index (χ1v) is 8.86. The zero-order valence-corrected chi connectivity index (χ0v) is 15.0. The number of carbonyl (C=O) groups excluding carboxylic acids is 1. The number of nitrogens with one attached hydrogen (secondary N) is 1. The number of hydrogen-bond acceptors (Lipinski definition) is 4. The van der Waals surface area contributed by atoms with Crippen molar-refractivity contribution in [1.82, 2.24) is 15.2 Å². The maximum Gasteiger partial charge on any atom is 0.252 e. The Hall–Kier alpha value is -2.40. The molecule has 5 heteroatoms. The predicted octanol–water partition coefficient (Wildman–Crippen LogP) is 2.25. The van der Waals surface area contributed by atoms with Crippen LogP contribution in [-0.2, 0) is 0 Å². The summed E-state index contributed by atoms with van der Waals surface area (Å²) in [4.78, 5) is 21.1. The normalized spacial score (nSPS) is 15.2. The molecule has 132 valence electrons. The first kappa shape index (κ1) is 17.4. The van der Waals surface area contributed by atoms with Crippen LogP contribution in [0.3, 0.4) is 0 Å². The van der Waals surface area contributed by atoms with E-state index >= 15 is 0 Å². The van der Waals surface area contributed by atoms with Crippen LogP contribution >= 0.6 is 0 Å². The lowest BCUT2D eigenvalue weighted by molar-refractivity contribution is 0.0947. The second-order valence-electron chi connectivity index (χ2n) is 6.61. The van der Waals surface area contributed by atoms with Gasteiger partial charge in [-0.1, -0.05) is 12.1 Å². The Morgan fingerprint density at radius 1 is 1.12 bits per heavy atom. The Morgan fingerprint density at radius 2 is 1.92 bits per heavy atom. The average Bonchev–Trinajstić information content (AvgIpc) is 2.63. The highest BCUT2D eigenvalue weighted by molar-refractivity contribution is 5.93. The minimum absolute atomic E-state index is 0.0501. The van der Waals surface area contributed by atoms with Crippen LogP contribution in [0.1, 0.15) is 21.6 Å². The monoisotopic (exact) mass is 338 g/mol. The van der Waals surface area contributed by atoms with Crippen LogP contribution in [0.15, 0.2) is 42.6 Å². The number of aryl methyl sites for hydroxylation is 2. The second-order valence-corrected chi connectivity index (χ2v) is 6.61. The predicted molar refractivity (Wildman–Crippen MR) is 101 cm³/mol. The molecule has 2 aromatic rings. The average molecular weight is 338 g/mol. The van der Waals surface area contributed by atoms with Crippen molar-refractivity contribution in [2.45, 2.75) is 13.8 Å². The molecule has 0 unspecified atom stereocenters. The van der Waals surface area contributed by atoms with Gasteiger partial charge in [0.15, 0.2) is 0 Å². The van der Waals surface area contributed by atoms with Crippen molar-refractivity contribution in [3.63, 3.8) is 0 Å². The highest BCUT2D eigenvalue weighted by atomic mass is 16.1. The largest absolute Gasteiger partial charge is 0.369 e. The number of hydrogen-bond donors (Lipinski definition) is 1. The van der Waals surface area contributed by atoms with E-state index in [1.807, 2.05) is 19.1 Å². The van der Waals surface area contributed by atoms with Gasteiger partial charge in [0.05, 0.1) is 5.56 Å². The molecule has 0 saturated carbocycles. The van der Waals surface area contributed by atoms with Crippen LogP contribution in [0, 0.1) is 13.8 Å². The zero-order valence-electron chi connectivity index (χ0n) is 15.0. The molecular weight excluding hydrogens is 312 g/mol. The Bertz CT molecular complexity index is 706. The minimum atomic E-state index is -0.0501. The van der Waals surface area contributed by atoms with Crippen LogP contribution in [0.4, 0.5) is 5.69 Å². The van der Waals surface area contributed by atoms with E-state index in [1.54, 1.807) is 6.20 Å². The first-order chi connectivity index (χ1) is 12.1. The van der Waals surface area contributed by atoms with Crippen molar-refractivity contribution < 1.29 is 4.79 Å². The van der Waals surface area contributed by atoms with Crippen molar-refractivity contribution in [3.05, 3.63) is 59.4 Å². The third kappa shape index (κ3) is 4.79. The lowest BCUT2D eigenvalue weighted by Gasteiger charge is -2.36. The first-order valence-electron chi connectivity index (χ1n) is 8.86. The fourth-order valence-electron chi connectivity index (χ4n) is 3.09. The van der Waals surface area contributed by atoms with Gasteiger partial charge >= 0.3 is 0 Å². The minimum Gasteiger partial charge on any atom is -0.369 e. The van der Waals surface area contributed by atoms with Crippen LogP contribution in [0.25, 0.3) is 0 Å². The quantitative estimate of drug-likeness (QED) is 0.908. The molecule has 1 aliphatic heterocycles. The van der Waals surface area contributed by atoms with Gasteiger partial charge in [-0.15, -0.1) is 0 Å². The molecule has 1 fully saturated rings. The fourth-order valence-corrected chi connectivity index (χ4v) is 3.09. The standard InChI is InChI=1S/C20H26N4O/c1-16-4-3-5-19(14-16)24-12-10-23(11-13-24)9-8-21-20(25)18-7-6-17(2)22-15-18/h3-7,14-15H,8-13H2,1-2H3,(H,21,25). The van der Waals surface area contributed by atoms with Gasteiger partial charge in [0.1, 0.15) is 0 Å². The van der Waals surface area contributed by atoms with Gasteiger partial charge in [-0.3, -0.25) is 14.7 Å². The lowest BCUT2D eigenvalue weighted by atomic mass is 10.2. The Morgan fingerprint density at radius 3 is 2.60 bits per heavy atom. The van der Waals surface area contributed by atoms with Gasteiger partial charge in [-0.05, 0) is 43.7 Å². The Balaban J connectivity index is 1.40. The van der Waals surface area contributed by atoms with Crippen LogP contribution < -0.4 is 10.2 Å². The number of amides is 1. The van der Waals surface area contributed by atoms with E-state index in [1.165, 1.54) is 11.3 Å². The number of carbonyl (C=O) groups is 1. The smallest absolute Gasteiger partial charge is 0.252 e. The molecule has 0 bridgehead atoms.